The van der Waals surface area contributed by atoms with Crippen molar-refractivity contribution in [2.45, 2.75) is 12.5 Å². The average Bonchev–Trinajstić information content (AvgIpc) is 2.29. The van der Waals surface area contributed by atoms with Crippen molar-refractivity contribution >= 4 is 11.6 Å². The maximum atomic E-state index is 11.2. The molecule has 0 heterocycles. The minimum atomic E-state index is -0.534. The van der Waals surface area contributed by atoms with E-state index in [0.29, 0.717) is 12.1 Å². The van der Waals surface area contributed by atoms with E-state index in [1.54, 1.807) is 19.2 Å². The van der Waals surface area contributed by atoms with Gasteiger partial charge in [-0.1, -0.05) is 24.3 Å². The van der Waals surface area contributed by atoms with Crippen LogP contribution in [0.5, 0.6) is 0 Å². The van der Waals surface area contributed by atoms with Gasteiger partial charge in [-0.2, -0.15) is 0 Å². The Kier molecular flexibility index (Phi) is 3.83. The van der Waals surface area contributed by atoms with E-state index in [0.717, 1.165) is 5.56 Å². The Morgan fingerprint density at radius 2 is 2.13 bits per heavy atom. The van der Waals surface area contributed by atoms with Gasteiger partial charge in [-0.3, -0.25) is 4.79 Å². The first-order chi connectivity index (χ1) is 7.17. The average molecular weight is 203 g/mol. The Morgan fingerprint density at radius 3 is 2.60 bits per heavy atom. The van der Waals surface area contributed by atoms with Crippen LogP contribution in [0, 0.1) is 6.57 Å². The normalized spacial score (nSPS) is 11.5. The van der Waals surface area contributed by atoms with Gasteiger partial charge in [0.05, 0.1) is 12.6 Å². The lowest BCUT2D eigenvalue weighted by Gasteiger charge is -2.09. The van der Waals surface area contributed by atoms with E-state index >= 15 is 0 Å². The molecule has 0 aliphatic rings. The Bertz CT molecular complexity index is 378. The third-order valence-corrected chi connectivity index (χ3v) is 2.10. The fourth-order valence-electron chi connectivity index (χ4n) is 1.24. The van der Waals surface area contributed by atoms with E-state index in [9.17, 15) is 4.79 Å². The van der Waals surface area contributed by atoms with Crippen molar-refractivity contribution in [3.05, 3.63) is 41.2 Å². The second kappa shape index (κ2) is 5.13. The molecule has 0 aromatic heterocycles. The summed E-state index contributed by atoms with van der Waals surface area (Å²) in [7, 11) is 1.56. The molecule has 1 amide bonds. The van der Waals surface area contributed by atoms with Gasteiger partial charge in [-0.15, -0.1) is 0 Å². The van der Waals surface area contributed by atoms with E-state index in [1.165, 1.54) is 0 Å². The molecule has 4 nitrogen and oxygen atoms in total. The molecule has 15 heavy (non-hydrogen) atoms. The highest BCUT2D eigenvalue weighted by atomic mass is 16.2. The molecule has 0 bridgehead atoms. The molecule has 1 atom stereocenters. The molecular formula is C11H13N3O. The van der Waals surface area contributed by atoms with Crippen LogP contribution < -0.4 is 11.1 Å². The largest absolute Gasteiger partial charge is 0.358 e. The summed E-state index contributed by atoms with van der Waals surface area (Å²) in [5, 5.41) is 2.50. The summed E-state index contributed by atoms with van der Waals surface area (Å²) in [6, 6.07) is 6.54. The van der Waals surface area contributed by atoms with Gasteiger partial charge in [0, 0.05) is 7.05 Å². The summed E-state index contributed by atoms with van der Waals surface area (Å²) in [5.41, 5.74) is 7.20. The molecule has 1 aromatic rings. The highest BCUT2D eigenvalue weighted by molar-refractivity contribution is 5.81. The van der Waals surface area contributed by atoms with Crippen LogP contribution in [-0.2, 0) is 11.2 Å². The number of benzene rings is 1. The van der Waals surface area contributed by atoms with Crippen LogP contribution in [0.3, 0.4) is 0 Å². The molecule has 0 spiro atoms. The molecule has 0 saturated heterocycles. The zero-order chi connectivity index (χ0) is 11.3. The van der Waals surface area contributed by atoms with Crippen LogP contribution >= 0.6 is 0 Å². The van der Waals surface area contributed by atoms with Crippen molar-refractivity contribution in [1.82, 2.24) is 5.32 Å². The number of carbonyl (C=O) groups is 1. The van der Waals surface area contributed by atoms with Gasteiger partial charge >= 0.3 is 0 Å². The SMILES string of the molecule is [C-]#[N+]c1ccc(C[C@H](N)C(=O)NC)cc1. The van der Waals surface area contributed by atoms with Crippen molar-refractivity contribution in [3.8, 4) is 0 Å². The summed E-state index contributed by atoms with van der Waals surface area (Å²) in [4.78, 5) is 14.4. The number of likely N-dealkylation sites (N-methyl/N-ethyl adjacent to an activating group) is 1. The molecular weight excluding hydrogens is 190 g/mol. The molecule has 0 saturated carbocycles. The van der Waals surface area contributed by atoms with E-state index < -0.39 is 6.04 Å². The maximum Gasteiger partial charge on any atom is 0.237 e. The molecule has 0 fully saturated rings. The summed E-state index contributed by atoms with van der Waals surface area (Å²) < 4.78 is 0. The predicted molar refractivity (Wildman–Crippen MR) is 58.5 cm³/mol. The van der Waals surface area contributed by atoms with Gasteiger partial charge in [0.25, 0.3) is 0 Å². The molecule has 0 aliphatic heterocycles. The number of nitrogens with zero attached hydrogens (tertiary/aromatic N) is 1. The van der Waals surface area contributed by atoms with Gasteiger partial charge in [0.1, 0.15) is 0 Å². The molecule has 0 unspecified atom stereocenters. The first kappa shape index (κ1) is 11.2. The summed E-state index contributed by atoms with van der Waals surface area (Å²) >= 11 is 0. The number of nitrogens with two attached hydrogens (primary N) is 1. The lowest BCUT2D eigenvalue weighted by molar-refractivity contribution is -0.121. The third kappa shape index (κ3) is 3.08. The van der Waals surface area contributed by atoms with Crippen LogP contribution in [-0.4, -0.2) is 19.0 Å². The van der Waals surface area contributed by atoms with Crippen molar-refractivity contribution in [3.63, 3.8) is 0 Å². The first-order valence-corrected chi connectivity index (χ1v) is 4.61. The molecule has 3 N–H and O–H groups in total. The van der Waals surface area contributed by atoms with Crippen LogP contribution in [0.4, 0.5) is 5.69 Å². The minimum Gasteiger partial charge on any atom is -0.358 e. The Labute approximate surface area is 88.9 Å². The van der Waals surface area contributed by atoms with Crippen molar-refractivity contribution in [2.75, 3.05) is 7.05 Å². The van der Waals surface area contributed by atoms with Crippen molar-refractivity contribution in [1.29, 1.82) is 0 Å². The molecule has 0 aliphatic carbocycles. The van der Waals surface area contributed by atoms with Gasteiger partial charge in [0.15, 0.2) is 5.69 Å². The highest BCUT2D eigenvalue weighted by Gasteiger charge is 2.11. The minimum absolute atomic E-state index is 0.177. The van der Waals surface area contributed by atoms with E-state index in [1.807, 2.05) is 12.1 Å². The smallest absolute Gasteiger partial charge is 0.237 e. The lowest BCUT2D eigenvalue weighted by Crippen LogP contribution is -2.40. The fourth-order valence-corrected chi connectivity index (χ4v) is 1.24. The standard InChI is InChI=1S/C11H13N3O/c1-13-9-5-3-8(4-6-9)7-10(12)11(15)14-2/h3-6,10H,7,12H2,2H3,(H,14,15)/t10-/m0/s1. The number of nitrogens with one attached hydrogen (secondary N) is 1. The van der Waals surface area contributed by atoms with Crippen molar-refractivity contribution in [2.24, 2.45) is 5.73 Å². The van der Waals surface area contributed by atoms with Crippen LogP contribution in [0.25, 0.3) is 4.85 Å². The highest BCUT2D eigenvalue weighted by Crippen LogP contribution is 2.13. The quantitative estimate of drug-likeness (QED) is 0.715. The van der Waals surface area contributed by atoms with Gasteiger partial charge < -0.3 is 11.1 Å². The molecule has 4 heteroatoms. The molecule has 1 aromatic carbocycles. The van der Waals surface area contributed by atoms with E-state index in [4.69, 9.17) is 12.3 Å². The monoisotopic (exact) mass is 203 g/mol. The number of hydrogen-bond acceptors (Lipinski definition) is 2. The molecule has 1 rings (SSSR count). The zero-order valence-corrected chi connectivity index (χ0v) is 8.53. The number of carbonyl (C=O) groups excluding carboxylic acids is 1. The molecule has 0 radical (unpaired) electrons. The number of rotatable bonds is 3. The Morgan fingerprint density at radius 1 is 1.53 bits per heavy atom. The fraction of sp³-hybridized carbons (Fsp3) is 0.273. The summed E-state index contributed by atoms with van der Waals surface area (Å²) in [6.45, 7) is 6.79. The van der Waals surface area contributed by atoms with Crippen LogP contribution in [0.2, 0.25) is 0 Å². The number of amides is 1. The topological polar surface area (TPSA) is 59.5 Å². The van der Waals surface area contributed by atoms with Gasteiger partial charge in [-0.05, 0) is 12.0 Å². The maximum absolute atomic E-state index is 11.2. The molecule has 78 valence electrons. The summed E-state index contributed by atoms with van der Waals surface area (Å²) in [6.07, 6.45) is 0.484. The third-order valence-electron chi connectivity index (χ3n) is 2.10. The first-order valence-electron chi connectivity index (χ1n) is 4.61. The lowest BCUT2D eigenvalue weighted by atomic mass is 10.1. The van der Waals surface area contributed by atoms with Crippen LogP contribution in [0.1, 0.15) is 5.56 Å². The predicted octanol–water partition coefficient (Wildman–Crippen LogP) is 0.853. The Hall–Kier alpha value is -1.86. The second-order valence-corrected chi connectivity index (χ2v) is 3.20. The van der Waals surface area contributed by atoms with E-state index in [-0.39, 0.29) is 5.91 Å². The number of hydrogen-bond donors (Lipinski definition) is 2. The zero-order valence-electron chi connectivity index (χ0n) is 8.53. The van der Waals surface area contributed by atoms with Gasteiger partial charge in [0.2, 0.25) is 5.91 Å². The van der Waals surface area contributed by atoms with Crippen LogP contribution in [0.15, 0.2) is 24.3 Å². The van der Waals surface area contributed by atoms with Crippen molar-refractivity contribution < 1.29 is 4.79 Å². The van der Waals surface area contributed by atoms with Gasteiger partial charge in [-0.25, -0.2) is 4.85 Å². The Balaban J connectivity index is 2.66. The second-order valence-electron chi connectivity index (χ2n) is 3.20. The van der Waals surface area contributed by atoms with E-state index in [2.05, 4.69) is 10.2 Å². The summed E-state index contributed by atoms with van der Waals surface area (Å²) in [5.74, 6) is -0.177.